The lowest BCUT2D eigenvalue weighted by atomic mass is 10.3. The number of rotatable bonds is 3. The van der Waals surface area contributed by atoms with E-state index in [4.69, 9.17) is 0 Å². The maximum Gasteiger partial charge on any atom is 0.267 e. The minimum Gasteiger partial charge on any atom is -0.366 e. The second kappa shape index (κ2) is 6.00. The van der Waals surface area contributed by atoms with Crippen molar-refractivity contribution in [1.29, 1.82) is 0 Å². The van der Waals surface area contributed by atoms with Crippen molar-refractivity contribution in [2.75, 3.05) is 4.72 Å². The Morgan fingerprint density at radius 1 is 1.10 bits per heavy atom. The summed E-state index contributed by atoms with van der Waals surface area (Å²) in [6.45, 7) is 0. The number of nitrogens with one attached hydrogen (secondary N) is 2. The van der Waals surface area contributed by atoms with Crippen molar-refractivity contribution < 1.29 is 8.42 Å². The van der Waals surface area contributed by atoms with E-state index in [0.717, 1.165) is 16.7 Å². The van der Waals surface area contributed by atoms with Crippen LogP contribution in [0.15, 0.2) is 53.7 Å². The number of aromatic amines is 1. The van der Waals surface area contributed by atoms with Crippen molar-refractivity contribution in [2.24, 2.45) is 0 Å². The van der Waals surface area contributed by atoms with Gasteiger partial charge in [0.1, 0.15) is 0 Å². The van der Waals surface area contributed by atoms with Gasteiger partial charge >= 0.3 is 0 Å². The number of hydrogen-bond donors (Lipinski definition) is 2. The van der Waals surface area contributed by atoms with Crippen LogP contribution < -0.4 is 10.2 Å². The predicted molar refractivity (Wildman–Crippen MR) is 87.4 cm³/mol. The summed E-state index contributed by atoms with van der Waals surface area (Å²) in [4.78, 5) is 13.8. The fraction of sp³-hybridized carbons (Fsp3) is 0. The highest BCUT2D eigenvalue weighted by Gasteiger charge is 2.20. The number of halogens is 3. The van der Waals surface area contributed by atoms with Gasteiger partial charge in [0.25, 0.3) is 10.0 Å². The van der Waals surface area contributed by atoms with Gasteiger partial charge in [0, 0.05) is 31.9 Å². The van der Waals surface area contributed by atoms with Crippen LogP contribution in [-0.4, -0.2) is 13.4 Å². The van der Waals surface area contributed by atoms with E-state index in [9.17, 15) is 13.2 Å². The van der Waals surface area contributed by atoms with Crippen molar-refractivity contribution in [3.63, 3.8) is 0 Å². The van der Waals surface area contributed by atoms with Crippen LogP contribution in [0.5, 0.6) is 0 Å². The van der Waals surface area contributed by atoms with Crippen LogP contribution in [0, 0.1) is 0 Å². The van der Waals surface area contributed by atoms with Crippen LogP contribution in [0.1, 0.15) is 0 Å². The van der Waals surface area contributed by atoms with Crippen molar-refractivity contribution in [2.45, 2.75) is 4.90 Å². The lowest BCUT2D eigenvalue weighted by Gasteiger charge is -2.11. The number of H-pyrrole nitrogens is 1. The van der Waals surface area contributed by atoms with Crippen molar-refractivity contribution in [3.05, 3.63) is 54.2 Å². The quantitative estimate of drug-likeness (QED) is 0.697. The lowest BCUT2D eigenvalue weighted by molar-refractivity contribution is 0.600. The molecule has 2 aromatic rings. The van der Waals surface area contributed by atoms with E-state index in [0.29, 0.717) is 14.6 Å². The molecule has 1 aromatic heterocycles. The molecule has 0 aliphatic rings. The van der Waals surface area contributed by atoms with Crippen LogP contribution in [-0.2, 0) is 10.0 Å². The first-order valence-corrected chi connectivity index (χ1v) is 9.02. The van der Waals surface area contributed by atoms with Gasteiger partial charge in [-0.25, -0.2) is 8.42 Å². The fourth-order valence-electron chi connectivity index (χ4n) is 1.44. The summed E-state index contributed by atoms with van der Waals surface area (Å²) < 4.78 is 28.7. The largest absolute Gasteiger partial charge is 0.366 e. The average molecular weight is 487 g/mol. The molecule has 0 atom stereocenters. The molecular weight excluding hydrogens is 480 g/mol. The van der Waals surface area contributed by atoms with Crippen LogP contribution in [0.3, 0.4) is 0 Å². The van der Waals surface area contributed by atoms with E-state index in [1.807, 2.05) is 0 Å². The monoisotopic (exact) mass is 484 g/mol. The number of hydrogen-bond acceptors (Lipinski definition) is 3. The van der Waals surface area contributed by atoms with E-state index in [-0.39, 0.29) is 4.90 Å². The molecule has 1 aromatic carbocycles. The summed E-state index contributed by atoms with van der Waals surface area (Å²) in [6.07, 6.45) is 2.51. The second-order valence-electron chi connectivity index (χ2n) is 3.72. The number of sulfonamides is 1. The summed E-state index contributed by atoms with van der Waals surface area (Å²) in [7, 11) is -3.97. The van der Waals surface area contributed by atoms with E-state index in [1.165, 1.54) is 6.20 Å². The normalized spacial score (nSPS) is 11.3. The fourth-order valence-corrected chi connectivity index (χ4v) is 5.31. The zero-order chi connectivity index (χ0) is 14.9. The molecule has 0 radical (unpaired) electrons. The molecule has 0 spiro atoms. The third kappa shape index (κ3) is 3.33. The van der Waals surface area contributed by atoms with Gasteiger partial charge in [-0.05, 0) is 44.0 Å². The Balaban J connectivity index is 2.50. The zero-order valence-corrected chi connectivity index (χ0v) is 15.2. The molecule has 5 nitrogen and oxygen atoms in total. The molecular formula is C11H7Br3N2O3S. The van der Waals surface area contributed by atoms with Crippen LogP contribution in [0.25, 0.3) is 0 Å². The minimum atomic E-state index is -3.97. The van der Waals surface area contributed by atoms with Crippen LogP contribution in [0.4, 0.5) is 5.69 Å². The second-order valence-corrected chi connectivity index (χ2v) is 8.00. The Hall–Kier alpha value is -0.640. The van der Waals surface area contributed by atoms with Gasteiger partial charge in [-0.3, -0.25) is 9.52 Å². The molecule has 0 saturated heterocycles. The molecule has 2 N–H and O–H groups in total. The molecule has 2 rings (SSSR count). The molecule has 9 heteroatoms. The number of anilines is 1. The summed E-state index contributed by atoms with van der Waals surface area (Å²) >= 11 is 9.83. The number of benzene rings is 1. The maximum absolute atomic E-state index is 12.2. The summed E-state index contributed by atoms with van der Waals surface area (Å²) in [6, 6.07) is 4.54. The molecule has 0 aliphatic heterocycles. The SMILES string of the molecule is O=c1cc[nH]cc1S(=O)(=O)Nc1c(Br)cc(Br)cc1Br. The number of pyridine rings is 1. The highest BCUT2D eigenvalue weighted by Crippen LogP contribution is 2.35. The maximum atomic E-state index is 12.2. The summed E-state index contributed by atoms with van der Waals surface area (Å²) in [5.41, 5.74) is -0.267. The third-order valence-electron chi connectivity index (χ3n) is 2.32. The topological polar surface area (TPSA) is 79.0 Å². The molecule has 0 unspecified atom stereocenters. The predicted octanol–water partition coefficient (Wildman–Crippen LogP) is 3.46. The van der Waals surface area contributed by atoms with Crippen molar-refractivity contribution in [1.82, 2.24) is 4.98 Å². The molecule has 0 fully saturated rings. The van der Waals surface area contributed by atoms with Crippen LogP contribution >= 0.6 is 47.8 Å². The highest BCUT2D eigenvalue weighted by molar-refractivity contribution is 9.11. The molecule has 20 heavy (non-hydrogen) atoms. The first-order chi connectivity index (χ1) is 9.31. The smallest absolute Gasteiger partial charge is 0.267 e. The Bertz CT molecular complexity index is 795. The Labute approximate surface area is 140 Å². The molecule has 1 heterocycles. The van der Waals surface area contributed by atoms with E-state index < -0.39 is 15.5 Å². The molecule has 0 bridgehead atoms. The molecule has 0 amide bonds. The van der Waals surface area contributed by atoms with Gasteiger partial charge in [-0.1, -0.05) is 15.9 Å². The van der Waals surface area contributed by atoms with Gasteiger partial charge in [0.2, 0.25) is 5.43 Å². The Morgan fingerprint density at radius 2 is 1.70 bits per heavy atom. The standard InChI is InChI=1S/C11H7Br3N2O3S/c12-6-3-7(13)11(8(14)4-6)16-20(18,19)10-5-15-2-1-9(10)17/h1-5,16H,(H,15,17). The molecule has 0 saturated carbocycles. The van der Waals surface area contributed by atoms with Gasteiger partial charge in [-0.15, -0.1) is 0 Å². The summed E-state index contributed by atoms with van der Waals surface area (Å²) in [5, 5.41) is 0. The average Bonchev–Trinajstić information content (AvgIpc) is 2.34. The zero-order valence-electron chi connectivity index (χ0n) is 9.65. The van der Waals surface area contributed by atoms with E-state index in [1.54, 1.807) is 12.1 Å². The van der Waals surface area contributed by atoms with E-state index >= 15 is 0 Å². The lowest BCUT2D eigenvalue weighted by Crippen LogP contribution is -2.21. The van der Waals surface area contributed by atoms with Gasteiger partial charge in [0.15, 0.2) is 4.90 Å². The summed E-state index contributed by atoms with van der Waals surface area (Å²) in [5.74, 6) is 0. The Kier molecular flexibility index (Phi) is 4.73. The third-order valence-corrected chi connectivity index (χ3v) is 5.40. The Morgan fingerprint density at radius 3 is 2.25 bits per heavy atom. The van der Waals surface area contributed by atoms with Crippen molar-refractivity contribution >= 4 is 63.5 Å². The number of aromatic nitrogens is 1. The highest BCUT2D eigenvalue weighted by atomic mass is 79.9. The van der Waals surface area contributed by atoms with Gasteiger partial charge in [0.05, 0.1) is 5.69 Å². The van der Waals surface area contributed by atoms with Gasteiger partial charge in [-0.2, -0.15) is 0 Å². The van der Waals surface area contributed by atoms with Crippen molar-refractivity contribution in [3.8, 4) is 0 Å². The van der Waals surface area contributed by atoms with E-state index in [2.05, 4.69) is 57.5 Å². The van der Waals surface area contributed by atoms with Crippen LogP contribution in [0.2, 0.25) is 0 Å². The first kappa shape index (κ1) is 15.7. The minimum absolute atomic E-state index is 0.316. The molecule has 0 aliphatic carbocycles. The molecule has 106 valence electrons. The van der Waals surface area contributed by atoms with Gasteiger partial charge < -0.3 is 4.98 Å². The first-order valence-electron chi connectivity index (χ1n) is 5.16.